The summed E-state index contributed by atoms with van der Waals surface area (Å²) in [5, 5.41) is 16.2. The molecule has 0 bridgehead atoms. The second-order valence-electron chi connectivity index (χ2n) is 5.04. The van der Waals surface area contributed by atoms with Crippen LogP contribution in [-0.2, 0) is 0 Å². The Morgan fingerprint density at radius 2 is 1.82 bits per heavy atom. The van der Waals surface area contributed by atoms with Gasteiger partial charge in [-0.05, 0) is 30.7 Å². The lowest BCUT2D eigenvalue weighted by molar-refractivity contribution is 0.0922. The number of rotatable bonds is 6. The average Bonchev–Trinajstić information content (AvgIpc) is 2.52. The van der Waals surface area contributed by atoms with E-state index in [0.717, 1.165) is 11.3 Å². The van der Waals surface area contributed by atoms with Crippen molar-refractivity contribution in [1.82, 2.24) is 5.32 Å². The van der Waals surface area contributed by atoms with Crippen LogP contribution in [0.5, 0.6) is 0 Å². The molecule has 2 aromatic rings. The second kappa shape index (κ2) is 7.82. The molecule has 0 aliphatic rings. The first kappa shape index (κ1) is 16.3. The van der Waals surface area contributed by atoms with Crippen LogP contribution in [0.1, 0.15) is 15.9 Å². The lowest BCUT2D eigenvalue weighted by Crippen LogP contribution is -2.36. The van der Waals surface area contributed by atoms with Crippen LogP contribution in [0.15, 0.2) is 48.5 Å². The van der Waals surface area contributed by atoms with Crippen molar-refractivity contribution in [3.05, 3.63) is 64.7 Å². The van der Waals surface area contributed by atoms with Gasteiger partial charge in [0.1, 0.15) is 0 Å². The maximum atomic E-state index is 12.0. The molecule has 22 heavy (non-hydrogen) atoms. The zero-order valence-electron chi connectivity index (χ0n) is 12.3. The molecule has 2 rings (SSSR count). The molecule has 116 valence electrons. The minimum Gasteiger partial charge on any atom is -0.389 e. The minimum atomic E-state index is -0.689. The number of nitrogens with one attached hydrogen (secondary N) is 2. The Morgan fingerprint density at radius 1 is 1.14 bits per heavy atom. The fraction of sp³-hybridized carbons (Fsp3) is 0.235. The molecule has 1 amide bonds. The summed E-state index contributed by atoms with van der Waals surface area (Å²) in [6.07, 6.45) is -0.689. The first-order valence-corrected chi connectivity index (χ1v) is 7.46. The summed E-state index contributed by atoms with van der Waals surface area (Å²) in [5.74, 6) is -0.291. The highest BCUT2D eigenvalue weighted by Gasteiger charge is 2.11. The Kier molecular flexibility index (Phi) is 5.81. The Bertz CT molecular complexity index is 646. The number of carbonyl (C=O) groups is 1. The van der Waals surface area contributed by atoms with Gasteiger partial charge in [0.25, 0.3) is 5.91 Å². The number of aryl methyl sites for hydroxylation is 1. The fourth-order valence-electron chi connectivity index (χ4n) is 2.02. The summed E-state index contributed by atoms with van der Waals surface area (Å²) in [6, 6.07) is 14.7. The van der Waals surface area contributed by atoms with E-state index >= 15 is 0 Å². The molecule has 0 fully saturated rings. The molecule has 5 heteroatoms. The molecule has 1 atom stereocenters. The van der Waals surface area contributed by atoms with Gasteiger partial charge >= 0.3 is 0 Å². The summed E-state index contributed by atoms with van der Waals surface area (Å²) < 4.78 is 0. The second-order valence-corrected chi connectivity index (χ2v) is 5.45. The maximum absolute atomic E-state index is 12.0. The van der Waals surface area contributed by atoms with Crippen molar-refractivity contribution in [3.8, 4) is 0 Å². The van der Waals surface area contributed by atoms with Crippen molar-refractivity contribution in [2.45, 2.75) is 13.0 Å². The van der Waals surface area contributed by atoms with Crippen LogP contribution < -0.4 is 10.6 Å². The van der Waals surface area contributed by atoms with Crippen LogP contribution in [0.4, 0.5) is 5.69 Å². The molecule has 0 aliphatic heterocycles. The molecular weight excluding hydrogens is 300 g/mol. The number of anilines is 1. The number of aliphatic hydroxyl groups is 1. The highest BCUT2D eigenvalue weighted by Crippen LogP contribution is 2.15. The average molecular weight is 319 g/mol. The van der Waals surface area contributed by atoms with Gasteiger partial charge in [0.05, 0.1) is 16.7 Å². The Morgan fingerprint density at radius 3 is 2.55 bits per heavy atom. The molecule has 0 saturated carbocycles. The highest BCUT2D eigenvalue weighted by atomic mass is 35.5. The molecule has 0 aliphatic carbocycles. The van der Waals surface area contributed by atoms with Crippen molar-refractivity contribution in [3.63, 3.8) is 0 Å². The minimum absolute atomic E-state index is 0.156. The quantitative estimate of drug-likeness (QED) is 0.767. The van der Waals surface area contributed by atoms with Gasteiger partial charge in [0.2, 0.25) is 0 Å². The molecule has 0 radical (unpaired) electrons. The van der Waals surface area contributed by atoms with Crippen molar-refractivity contribution in [1.29, 1.82) is 0 Å². The zero-order valence-corrected chi connectivity index (χ0v) is 13.1. The van der Waals surface area contributed by atoms with E-state index < -0.39 is 6.10 Å². The molecule has 0 aromatic heterocycles. The standard InChI is InChI=1S/C17H19ClN2O2/c1-12-6-2-5-9-16(12)19-10-13(21)11-20-17(22)14-7-3-4-8-15(14)18/h2-9,13,19,21H,10-11H2,1H3,(H,20,22). The lowest BCUT2D eigenvalue weighted by atomic mass is 10.2. The summed E-state index contributed by atoms with van der Waals surface area (Å²) in [5.41, 5.74) is 2.48. The van der Waals surface area contributed by atoms with Crippen LogP contribution in [-0.4, -0.2) is 30.2 Å². The Hall–Kier alpha value is -2.04. The van der Waals surface area contributed by atoms with E-state index in [0.29, 0.717) is 17.1 Å². The van der Waals surface area contributed by atoms with Crippen molar-refractivity contribution >= 4 is 23.2 Å². The van der Waals surface area contributed by atoms with Crippen LogP contribution in [0.3, 0.4) is 0 Å². The van der Waals surface area contributed by atoms with Gasteiger partial charge in [-0.15, -0.1) is 0 Å². The van der Waals surface area contributed by atoms with Gasteiger partial charge in [-0.1, -0.05) is 41.9 Å². The summed E-state index contributed by atoms with van der Waals surface area (Å²) >= 11 is 5.96. The van der Waals surface area contributed by atoms with Crippen molar-refractivity contribution in [2.75, 3.05) is 18.4 Å². The third-order valence-electron chi connectivity index (χ3n) is 3.29. The van der Waals surface area contributed by atoms with E-state index in [9.17, 15) is 9.90 Å². The molecule has 4 nitrogen and oxygen atoms in total. The predicted octanol–water partition coefficient (Wildman–Crippen LogP) is 2.85. The molecule has 1 unspecified atom stereocenters. The van der Waals surface area contributed by atoms with Gasteiger partial charge in [-0.3, -0.25) is 4.79 Å². The van der Waals surface area contributed by atoms with E-state index in [1.165, 1.54) is 0 Å². The maximum Gasteiger partial charge on any atom is 0.252 e. The molecule has 0 spiro atoms. The third-order valence-corrected chi connectivity index (χ3v) is 3.62. The summed E-state index contributed by atoms with van der Waals surface area (Å²) in [7, 11) is 0. The Balaban J connectivity index is 1.81. The van der Waals surface area contributed by atoms with Gasteiger partial charge in [0.15, 0.2) is 0 Å². The van der Waals surface area contributed by atoms with Crippen LogP contribution in [0.25, 0.3) is 0 Å². The van der Waals surface area contributed by atoms with Gasteiger partial charge in [-0.2, -0.15) is 0 Å². The number of aliphatic hydroxyl groups excluding tert-OH is 1. The highest BCUT2D eigenvalue weighted by molar-refractivity contribution is 6.33. The predicted molar refractivity (Wildman–Crippen MR) is 89.5 cm³/mol. The zero-order chi connectivity index (χ0) is 15.9. The largest absolute Gasteiger partial charge is 0.389 e. The Labute approximate surface area is 135 Å². The van der Waals surface area contributed by atoms with Gasteiger partial charge < -0.3 is 15.7 Å². The molecule has 3 N–H and O–H groups in total. The first-order valence-electron chi connectivity index (χ1n) is 7.08. The summed E-state index contributed by atoms with van der Waals surface area (Å²) in [4.78, 5) is 12.0. The first-order chi connectivity index (χ1) is 10.6. The van der Waals surface area contributed by atoms with Crippen LogP contribution in [0, 0.1) is 6.92 Å². The van der Waals surface area contributed by atoms with Crippen LogP contribution >= 0.6 is 11.6 Å². The number of hydrogen-bond acceptors (Lipinski definition) is 3. The van der Waals surface area contributed by atoms with E-state index in [2.05, 4.69) is 10.6 Å². The fourth-order valence-corrected chi connectivity index (χ4v) is 2.24. The van der Waals surface area contributed by atoms with E-state index in [4.69, 9.17) is 11.6 Å². The molecule has 0 saturated heterocycles. The monoisotopic (exact) mass is 318 g/mol. The normalized spacial score (nSPS) is 11.8. The number of para-hydroxylation sites is 1. The number of hydrogen-bond donors (Lipinski definition) is 3. The topological polar surface area (TPSA) is 61.4 Å². The van der Waals surface area contributed by atoms with E-state index in [1.54, 1.807) is 24.3 Å². The SMILES string of the molecule is Cc1ccccc1NCC(O)CNC(=O)c1ccccc1Cl. The third kappa shape index (κ3) is 4.48. The van der Waals surface area contributed by atoms with Gasteiger partial charge in [-0.25, -0.2) is 0 Å². The van der Waals surface area contributed by atoms with Crippen LogP contribution in [0.2, 0.25) is 5.02 Å². The lowest BCUT2D eigenvalue weighted by Gasteiger charge is -2.15. The van der Waals surface area contributed by atoms with Gasteiger partial charge in [0, 0.05) is 18.8 Å². The molecule has 2 aromatic carbocycles. The number of halogens is 1. The van der Waals surface area contributed by atoms with E-state index in [1.807, 2.05) is 31.2 Å². The number of amides is 1. The van der Waals surface area contributed by atoms with E-state index in [-0.39, 0.29) is 12.5 Å². The number of benzene rings is 2. The molecular formula is C17H19ClN2O2. The molecule has 0 heterocycles. The smallest absolute Gasteiger partial charge is 0.252 e. The van der Waals surface area contributed by atoms with Crippen molar-refractivity contribution in [2.24, 2.45) is 0 Å². The summed E-state index contributed by atoms with van der Waals surface area (Å²) in [6.45, 7) is 2.50. The number of carbonyl (C=O) groups excluding carboxylic acids is 1. The van der Waals surface area contributed by atoms with Crippen molar-refractivity contribution < 1.29 is 9.90 Å².